The Morgan fingerprint density at radius 3 is 2.63 bits per heavy atom. The van der Waals surface area contributed by atoms with Gasteiger partial charge in [-0.1, -0.05) is 0 Å². The van der Waals surface area contributed by atoms with Crippen LogP contribution in [-0.2, 0) is 14.8 Å². The molecule has 0 aromatic carbocycles. The van der Waals surface area contributed by atoms with Crippen molar-refractivity contribution in [2.24, 2.45) is 11.8 Å². The zero-order valence-electron chi connectivity index (χ0n) is 11.8. The van der Waals surface area contributed by atoms with Crippen LogP contribution in [0.4, 0.5) is 0 Å². The van der Waals surface area contributed by atoms with Crippen molar-refractivity contribution in [1.29, 1.82) is 0 Å². The van der Waals surface area contributed by atoms with Crippen LogP contribution in [0.3, 0.4) is 0 Å². The minimum atomic E-state index is -3.04. The smallest absolute Gasteiger partial charge is 0.211 e. The SMILES string of the molecule is CS(=O)(=O)N1CCCC(COCC2CCCNC2)C1. The molecule has 0 radical (unpaired) electrons. The van der Waals surface area contributed by atoms with E-state index in [4.69, 9.17) is 4.74 Å². The number of hydrogen-bond acceptors (Lipinski definition) is 4. The highest BCUT2D eigenvalue weighted by Crippen LogP contribution is 2.19. The van der Waals surface area contributed by atoms with Crippen molar-refractivity contribution in [3.63, 3.8) is 0 Å². The Balaban J connectivity index is 1.67. The van der Waals surface area contributed by atoms with Crippen LogP contribution in [0.1, 0.15) is 25.7 Å². The third-order valence-corrected chi connectivity index (χ3v) is 5.33. The Hall–Kier alpha value is -0.170. The van der Waals surface area contributed by atoms with Gasteiger partial charge in [0.1, 0.15) is 0 Å². The second-order valence-corrected chi connectivity index (χ2v) is 7.86. The van der Waals surface area contributed by atoms with Gasteiger partial charge in [0.2, 0.25) is 10.0 Å². The molecule has 2 unspecified atom stereocenters. The van der Waals surface area contributed by atoms with E-state index in [1.807, 2.05) is 0 Å². The lowest BCUT2D eigenvalue weighted by molar-refractivity contribution is 0.0495. The van der Waals surface area contributed by atoms with E-state index < -0.39 is 10.0 Å². The molecular formula is C13H26N2O3S. The fourth-order valence-electron chi connectivity index (χ4n) is 2.93. The predicted molar refractivity (Wildman–Crippen MR) is 75.6 cm³/mol. The lowest BCUT2D eigenvalue weighted by atomic mass is 9.99. The van der Waals surface area contributed by atoms with Gasteiger partial charge in [0.25, 0.3) is 0 Å². The standard InChI is InChI=1S/C13H26N2O3S/c1-19(16,17)15-7-3-5-13(9-15)11-18-10-12-4-2-6-14-8-12/h12-14H,2-11H2,1H3. The Bertz CT molecular complexity index is 366. The summed E-state index contributed by atoms with van der Waals surface area (Å²) >= 11 is 0. The number of sulfonamides is 1. The second-order valence-electron chi connectivity index (χ2n) is 5.88. The molecule has 0 amide bonds. The van der Waals surface area contributed by atoms with Gasteiger partial charge in [-0.05, 0) is 44.1 Å². The van der Waals surface area contributed by atoms with E-state index in [1.54, 1.807) is 4.31 Å². The van der Waals surface area contributed by atoms with Crippen molar-refractivity contribution in [2.75, 3.05) is 45.6 Å². The fourth-order valence-corrected chi connectivity index (χ4v) is 3.87. The molecule has 2 heterocycles. The monoisotopic (exact) mass is 290 g/mol. The average Bonchev–Trinajstić information content (AvgIpc) is 2.39. The molecule has 2 aliphatic rings. The van der Waals surface area contributed by atoms with Crippen LogP contribution in [0.2, 0.25) is 0 Å². The highest BCUT2D eigenvalue weighted by Gasteiger charge is 2.26. The van der Waals surface area contributed by atoms with Crippen LogP contribution in [-0.4, -0.2) is 58.4 Å². The molecular weight excluding hydrogens is 264 g/mol. The summed E-state index contributed by atoms with van der Waals surface area (Å²) in [4.78, 5) is 0. The highest BCUT2D eigenvalue weighted by molar-refractivity contribution is 7.88. The minimum Gasteiger partial charge on any atom is -0.381 e. The van der Waals surface area contributed by atoms with Crippen LogP contribution in [0.5, 0.6) is 0 Å². The zero-order chi connectivity index (χ0) is 13.7. The molecule has 0 aromatic heterocycles. The van der Waals surface area contributed by atoms with E-state index in [-0.39, 0.29) is 0 Å². The molecule has 0 aliphatic carbocycles. The van der Waals surface area contributed by atoms with Crippen molar-refractivity contribution >= 4 is 10.0 Å². The van der Waals surface area contributed by atoms with Gasteiger partial charge in [0.05, 0.1) is 19.5 Å². The van der Waals surface area contributed by atoms with E-state index in [9.17, 15) is 8.42 Å². The Morgan fingerprint density at radius 2 is 1.95 bits per heavy atom. The van der Waals surface area contributed by atoms with Crippen molar-refractivity contribution in [3.8, 4) is 0 Å². The molecule has 2 atom stereocenters. The van der Waals surface area contributed by atoms with Gasteiger partial charge in [0.15, 0.2) is 0 Å². The van der Waals surface area contributed by atoms with Gasteiger partial charge in [-0.3, -0.25) is 0 Å². The lowest BCUT2D eigenvalue weighted by Gasteiger charge is -2.31. The quantitative estimate of drug-likeness (QED) is 0.809. The molecule has 112 valence electrons. The summed E-state index contributed by atoms with van der Waals surface area (Å²) in [5.41, 5.74) is 0. The van der Waals surface area contributed by atoms with Gasteiger partial charge < -0.3 is 10.1 Å². The zero-order valence-corrected chi connectivity index (χ0v) is 12.6. The van der Waals surface area contributed by atoms with E-state index in [1.165, 1.54) is 19.1 Å². The van der Waals surface area contributed by atoms with Crippen LogP contribution >= 0.6 is 0 Å². The molecule has 1 N–H and O–H groups in total. The molecule has 19 heavy (non-hydrogen) atoms. The topological polar surface area (TPSA) is 58.6 Å². The third kappa shape index (κ3) is 5.02. The molecule has 2 aliphatic heterocycles. The molecule has 5 nitrogen and oxygen atoms in total. The minimum absolute atomic E-state index is 0.361. The van der Waals surface area contributed by atoms with E-state index in [0.717, 1.165) is 32.5 Å². The fraction of sp³-hybridized carbons (Fsp3) is 1.00. The lowest BCUT2D eigenvalue weighted by Crippen LogP contribution is -2.41. The number of ether oxygens (including phenoxy) is 1. The van der Waals surface area contributed by atoms with Crippen LogP contribution in [0.15, 0.2) is 0 Å². The second kappa shape index (κ2) is 7.02. The molecule has 0 saturated carbocycles. The normalized spacial score (nSPS) is 30.4. The summed E-state index contributed by atoms with van der Waals surface area (Å²) in [5.74, 6) is 0.989. The van der Waals surface area contributed by atoms with Crippen molar-refractivity contribution in [2.45, 2.75) is 25.7 Å². The maximum absolute atomic E-state index is 11.5. The summed E-state index contributed by atoms with van der Waals surface area (Å²) in [5, 5.41) is 3.38. The highest BCUT2D eigenvalue weighted by atomic mass is 32.2. The molecule has 2 rings (SSSR count). The van der Waals surface area contributed by atoms with Gasteiger partial charge in [0, 0.05) is 19.6 Å². The summed E-state index contributed by atoms with van der Waals surface area (Å²) in [7, 11) is -3.04. The summed E-state index contributed by atoms with van der Waals surface area (Å²) in [6, 6.07) is 0. The predicted octanol–water partition coefficient (Wildman–Crippen LogP) is 0.674. The molecule has 0 spiro atoms. The molecule has 2 fully saturated rings. The first-order valence-corrected chi connectivity index (χ1v) is 9.14. The Morgan fingerprint density at radius 1 is 1.21 bits per heavy atom. The Labute approximate surface area is 116 Å². The maximum Gasteiger partial charge on any atom is 0.211 e. The first-order chi connectivity index (χ1) is 9.05. The van der Waals surface area contributed by atoms with Gasteiger partial charge >= 0.3 is 0 Å². The van der Waals surface area contributed by atoms with Crippen LogP contribution in [0.25, 0.3) is 0 Å². The first-order valence-electron chi connectivity index (χ1n) is 7.29. The number of rotatable bonds is 5. The number of piperidine rings is 2. The number of nitrogens with one attached hydrogen (secondary N) is 1. The van der Waals surface area contributed by atoms with Gasteiger partial charge in [-0.2, -0.15) is 0 Å². The van der Waals surface area contributed by atoms with Crippen molar-refractivity contribution in [3.05, 3.63) is 0 Å². The largest absolute Gasteiger partial charge is 0.381 e. The van der Waals surface area contributed by atoms with E-state index in [2.05, 4.69) is 5.32 Å². The van der Waals surface area contributed by atoms with Gasteiger partial charge in [-0.15, -0.1) is 0 Å². The van der Waals surface area contributed by atoms with E-state index in [0.29, 0.717) is 31.5 Å². The van der Waals surface area contributed by atoms with Crippen molar-refractivity contribution in [1.82, 2.24) is 9.62 Å². The van der Waals surface area contributed by atoms with Crippen LogP contribution in [0, 0.1) is 11.8 Å². The average molecular weight is 290 g/mol. The third-order valence-electron chi connectivity index (χ3n) is 4.06. The maximum atomic E-state index is 11.5. The summed E-state index contributed by atoms with van der Waals surface area (Å²) in [6.45, 7) is 4.98. The van der Waals surface area contributed by atoms with E-state index >= 15 is 0 Å². The molecule has 0 bridgehead atoms. The summed E-state index contributed by atoms with van der Waals surface area (Å²) in [6.07, 6.45) is 5.80. The number of hydrogen-bond donors (Lipinski definition) is 1. The van der Waals surface area contributed by atoms with Crippen molar-refractivity contribution < 1.29 is 13.2 Å². The molecule has 2 saturated heterocycles. The number of nitrogens with zero attached hydrogens (tertiary/aromatic N) is 1. The molecule has 0 aromatic rings. The van der Waals surface area contributed by atoms with Crippen LogP contribution < -0.4 is 5.32 Å². The molecule has 6 heteroatoms. The Kier molecular flexibility index (Phi) is 5.62. The van der Waals surface area contributed by atoms with Gasteiger partial charge in [-0.25, -0.2) is 12.7 Å². The first kappa shape index (κ1) is 15.2. The summed E-state index contributed by atoms with van der Waals surface area (Å²) < 4.78 is 30.5.